The Balaban J connectivity index is 2.80. The van der Waals surface area contributed by atoms with Gasteiger partial charge < -0.3 is 10.8 Å². The molecule has 1 aromatic rings. The Morgan fingerprint density at radius 2 is 2.33 bits per heavy atom. The fraction of sp³-hybridized carbons (Fsp3) is 0.455. The first-order valence-corrected chi connectivity index (χ1v) is 4.91. The van der Waals surface area contributed by atoms with E-state index in [1.54, 1.807) is 25.4 Å². The number of carbonyl (C=O) groups excluding carboxylic acids is 1. The van der Waals surface area contributed by atoms with Crippen molar-refractivity contribution < 1.29 is 9.90 Å². The molecule has 15 heavy (non-hydrogen) atoms. The van der Waals surface area contributed by atoms with Gasteiger partial charge in [-0.25, -0.2) is 0 Å². The van der Waals surface area contributed by atoms with Gasteiger partial charge in [0, 0.05) is 30.1 Å². The second-order valence-corrected chi connectivity index (χ2v) is 3.80. The van der Waals surface area contributed by atoms with Crippen LogP contribution in [0.3, 0.4) is 0 Å². The molecular formula is C11H16N2O2. The van der Waals surface area contributed by atoms with Gasteiger partial charge in [0.05, 0.1) is 0 Å². The summed E-state index contributed by atoms with van der Waals surface area (Å²) in [4.78, 5) is 15.6. The Morgan fingerprint density at radius 3 is 2.87 bits per heavy atom. The van der Waals surface area contributed by atoms with Gasteiger partial charge in [-0.05, 0) is 19.4 Å². The van der Waals surface area contributed by atoms with Crippen LogP contribution in [0.5, 0.6) is 0 Å². The van der Waals surface area contributed by atoms with Gasteiger partial charge in [-0.1, -0.05) is 6.92 Å². The number of aliphatic hydroxyl groups is 1. The highest BCUT2D eigenvalue weighted by Crippen LogP contribution is 2.16. The van der Waals surface area contributed by atoms with Crippen LogP contribution in [-0.2, 0) is 11.2 Å². The number of Topliss-reactive ketones (excluding diaryl/α,β-unsaturated/α-hetero) is 1. The standard InChI is InChI=1S/C11H16N2O2/c1-3-11(2,15)10(14)6-8-7-13-5-4-9(8)12/h4-5,7,15H,3,6H2,1-2H3,(H2,12,13). The van der Waals surface area contributed by atoms with E-state index in [0.29, 0.717) is 17.7 Å². The zero-order valence-electron chi connectivity index (χ0n) is 9.03. The van der Waals surface area contributed by atoms with Crippen molar-refractivity contribution in [3.63, 3.8) is 0 Å². The minimum Gasteiger partial charge on any atom is -0.398 e. The average Bonchev–Trinajstić information content (AvgIpc) is 2.21. The molecule has 4 heteroatoms. The van der Waals surface area contributed by atoms with Gasteiger partial charge in [0.25, 0.3) is 0 Å². The number of hydrogen-bond donors (Lipinski definition) is 2. The molecule has 0 saturated heterocycles. The van der Waals surface area contributed by atoms with Crippen molar-refractivity contribution in [1.29, 1.82) is 0 Å². The minimum absolute atomic E-state index is 0.126. The Hall–Kier alpha value is -1.42. The second-order valence-electron chi connectivity index (χ2n) is 3.80. The maximum atomic E-state index is 11.7. The van der Waals surface area contributed by atoms with Crippen molar-refractivity contribution in [3.05, 3.63) is 24.0 Å². The molecule has 0 fully saturated rings. The normalized spacial score (nSPS) is 14.6. The number of nitrogen functional groups attached to an aromatic ring is 1. The second kappa shape index (κ2) is 4.40. The summed E-state index contributed by atoms with van der Waals surface area (Å²) in [6.07, 6.45) is 3.65. The Bertz CT molecular complexity index is 361. The Kier molecular flexibility index (Phi) is 3.42. The van der Waals surface area contributed by atoms with Crippen molar-refractivity contribution >= 4 is 11.5 Å². The third-order valence-corrected chi connectivity index (χ3v) is 2.58. The number of hydrogen-bond acceptors (Lipinski definition) is 4. The molecule has 1 atom stereocenters. The van der Waals surface area contributed by atoms with E-state index in [0.717, 1.165) is 0 Å². The van der Waals surface area contributed by atoms with Gasteiger partial charge in [-0.3, -0.25) is 9.78 Å². The van der Waals surface area contributed by atoms with Gasteiger partial charge in [-0.2, -0.15) is 0 Å². The summed E-state index contributed by atoms with van der Waals surface area (Å²) in [6, 6.07) is 1.64. The van der Waals surface area contributed by atoms with Crippen molar-refractivity contribution in [3.8, 4) is 0 Å². The molecule has 0 aliphatic rings. The van der Waals surface area contributed by atoms with Gasteiger partial charge in [0.1, 0.15) is 5.60 Å². The molecule has 82 valence electrons. The van der Waals surface area contributed by atoms with Gasteiger partial charge in [0.15, 0.2) is 5.78 Å². The quantitative estimate of drug-likeness (QED) is 0.772. The molecule has 0 amide bonds. The lowest BCUT2D eigenvalue weighted by Gasteiger charge is -2.19. The average molecular weight is 208 g/mol. The lowest BCUT2D eigenvalue weighted by atomic mass is 9.93. The van der Waals surface area contributed by atoms with E-state index in [-0.39, 0.29) is 12.2 Å². The molecule has 1 unspecified atom stereocenters. The SMILES string of the molecule is CCC(C)(O)C(=O)Cc1cnccc1N. The lowest BCUT2D eigenvalue weighted by molar-refractivity contribution is -0.135. The number of nitrogens with two attached hydrogens (primary N) is 1. The van der Waals surface area contributed by atoms with E-state index in [4.69, 9.17) is 5.73 Å². The van der Waals surface area contributed by atoms with Crippen LogP contribution in [0.4, 0.5) is 5.69 Å². The molecule has 1 aromatic heterocycles. The molecule has 0 aliphatic heterocycles. The van der Waals surface area contributed by atoms with Crippen molar-refractivity contribution in [2.75, 3.05) is 5.73 Å². The predicted octanol–water partition coefficient (Wildman–Crippen LogP) is 0.936. The third-order valence-electron chi connectivity index (χ3n) is 2.58. The predicted molar refractivity (Wildman–Crippen MR) is 58.3 cm³/mol. The highest BCUT2D eigenvalue weighted by Gasteiger charge is 2.27. The van der Waals surface area contributed by atoms with Crippen LogP contribution in [0.15, 0.2) is 18.5 Å². The molecule has 0 aliphatic carbocycles. The monoisotopic (exact) mass is 208 g/mol. The first kappa shape index (κ1) is 11.7. The topological polar surface area (TPSA) is 76.2 Å². The number of anilines is 1. The first-order chi connectivity index (χ1) is 6.97. The highest BCUT2D eigenvalue weighted by molar-refractivity contribution is 5.89. The zero-order valence-corrected chi connectivity index (χ0v) is 9.03. The van der Waals surface area contributed by atoms with E-state index in [9.17, 15) is 9.90 Å². The summed E-state index contributed by atoms with van der Waals surface area (Å²) in [5.41, 5.74) is 5.60. The maximum absolute atomic E-state index is 11.7. The van der Waals surface area contributed by atoms with Crippen LogP contribution < -0.4 is 5.73 Å². The summed E-state index contributed by atoms with van der Waals surface area (Å²) in [7, 11) is 0. The Morgan fingerprint density at radius 1 is 1.67 bits per heavy atom. The smallest absolute Gasteiger partial charge is 0.168 e. The molecule has 4 nitrogen and oxygen atoms in total. The van der Waals surface area contributed by atoms with Crippen LogP contribution in [0.25, 0.3) is 0 Å². The third kappa shape index (κ3) is 2.76. The minimum atomic E-state index is -1.28. The number of pyridine rings is 1. The van der Waals surface area contributed by atoms with Gasteiger partial charge in [-0.15, -0.1) is 0 Å². The zero-order chi connectivity index (χ0) is 11.5. The fourth-order valence-corrected chi connectivity index (χ4v) is 1.15. The van der Waals surface area contributed by atoms with Crippen molar-refractivity contribution in [1.82, 2.24) is 4.98 Å². The maximum Gasteiger partial charge on any atom is 0.168 e. The molecular weight excluding hydrogens is 192 g/mol. The van der Waals surface area contributed by atoms with Crippen LogP contribution in [0, 0.1) is 0 Å². The molecule has 1 rings (SSSR count). The molecule has 1 heterocycles. The van der Waals surface area contributed by atoms with Crippen LogP contribution in [0.2, 0.25) is 0 Å². The largest absolute Gasteiger partial charge is 0.398 e. The molecule has 0 spiro atoms. The summed E-state index contributed by atoms with van der Waals surface area (Å²) in [6.45, 7) is 3.28. The molecule has 0 radical (unpaired) electrons. The van der Waals surface area contributed by atoms with Crippen LogP contribution >= 0.6 is 0 Å². The number of nitrogens with zero attached hydrogens (tertiary/aromatic N) is 1. The van der Waals surface area contributed by atoms with Gasteiger partial charge in [0.2, 0.25) is 0 Å². The Labute approximate surface area is 89.1 Å². The molecule has 3 N–H and O–H groups in total. The number of carbonyl (C=O) groups is 1. The highest BCUT2D eigenvalue weighted by atomic mass is 16.3. The summed E-state index contributed by atoms with van der Waals surface area (Å²) < 4.78 is 0. The van der Waals surface area contributed by atoms with E-state index < -0.39 is 5.60 Å². The summed E-state index contributed by atoms with van der Waals surface area (Å²) >= 11 is 0. The van der Waals surface area contributed by atoms with E-state index >= 15 is 0 Å². The van der Waals surface area contributed by atoms with Crippen LogP contribution in [-0.4, -0.2) is 21.5 Å². The number of rotatable bonds is 4. The van der Waals surface area contributed by atoms with Gasteiger partial charge >= 0.3 is 0 Å². The molecule has 0 aromatic carbocycles. The first-order valence-electron chi connectivity index (χ1n) is 4.91. The summed E-state index contributed by atoms with van der Waals surface area (Å²) in [5, 5.41) is 9.73. The van der Waals surface area contributed by atoms with Crippen LogP contribution in [0.1, 0.15) is 25.8 Å². The lowest BCUT2D eigenvalue weighted by Crippen LogP contribution is -2.35. The number of ketones is 1. The van der Waals surface area contributed by atoms with Crippen molar-refractivity contribution in [2.45, 2.75) is 32.3 Å². The van der Waals surface area contributed by atoms with E-state index in [2.05, 4.69) is 4.98 Å². The van der Waals surface area contributed by atoms with Crippen molar-refractivity contribution in [2.24, 2.45) is 0 Å². The van der Waals surface area contributed by atoms with E-state index in [1.807, 2.05) is 0 Å². The fourth-order valence-electron chi connectivity index (χ4n) is 1.15. The number of aromatic nitrogens is 1. The molecule has 0 saturated carbocycles. The summed E-state index contributed by atoms with van der Waals surface area (Å²) in [5.74, 6) is -0.232. The molecule has 0 bridgehead atoms. The van der Waals surface area contributed by atoms with E-state index in [1.165, 1.54) is 6.92 Å².